The molecule has 0 atom stereocenters. The molecule has 3 aromatic heterocycles. The molecule has 74 heavy (non-hydrogen) atoms. The van der Waals surface area contributed by atoms with Crippen molar-refractivity contribution in [3.05, 3.63) is 242 Å². The minimum Gasteiger partial charge on any atom is -0.454 e. The van der Waals surface area contributed by atoms with E-state index in [4.69, 9.17) is 13.3 Å². The molecule has 11 aromatic carbocycles. The molecular formula is C69H48N2O3. The molecule has 0 radical (unpaired) electrons. The predicted molar refractivity (Wildman–Crippen MR) is 307 cm³/mol. The van der Waals surface area contributed by atoms with Crippen LogP contribution < -0.4 is 9.80 Å². The summed E-state index contributed by atoms with van der Waals surface area (Å²) in [5.74, 6) is 0.478. The van der Waals surface area contributed by atoms with Gasteiger partial charge in [0.15, 0.2) is 16.7 Å². The summed E-state index contributed by atoms with van der Waals surface area (Å²) >= 11 is 0. The maximum atomic E-state index is 7.50. The number of benzene rings is 11. The molecular weight excluding hydrogens is 905 g/mol. The van der Waals surface area contributed by atoms with Gasteiger partial charge in [-0.15, -0.1) is 0 Å². The lowest BCUT2D eigenvalue weighted by Crippen LogP contribution is -2.15. The van der Waals surface area contributed by atoms with Crippen LogP contribution in [0.1, 0.15) is 37.2 Å². The number of rotatable bonds is 9. The van der Waals surface area contributed by atoms with Crippen LogP contribution in [0.3, 0.4) is 0 Å². The Morgan fingerprint density at radius 2 is 0.716 bits per heavy atom. The molecule has 0 saturated heterocycles. The monoisotopic (exact) mass is 952 g/mol. The van der Waals surface area contributed by atoms with Crippen molar-refractivity contribution < 1.29 is 13.3 Å². The molecule has 0 bridgehead atoms. The molecule has 1 saturated carbocycles. The van der Waals surface area contributed by atoms with Crippen LogP contribution in [0.25, 0.3) is 98.8 Å². The highest BCUT2D eigenvalue weighted by atomic mass is 16.3. The van der Waals surface area contributed by atoms with Crippen LogP contribution in [-0.2, 0) is 0 Å². The Labute approximate surface area is 427 Å². The van der Waals surface area contributed by atoms with Crippen LogP contribution in [-0.4, -0.2) is 0 Å². The fourth-order valence-corrected chi connectivity index (χ4v) is 12.3. The SMILES string of the molecule is c1ccc(-c2ccccc2N(c2cccc3c2oc2ccccc23)c2c3ccccc3c(N(c3ccccc3-c3ccccc3)c3cccc4c3oc3c(C5CCCC5)cccc34)c3c2oc2ccccc23)cc1. The minimum atomic E-state index is 0.478. The van der Waals surface area contributed by atoms with Gasteiger partial charge in [0.05, 0.1) is 39.5 Å². The Morgan fingerprint density at radius 3 is 1.35 bits per heavy atom. The molecule has 1 aliphatic carbocycles. The third kappa shape index (κ3) is 6.56. The van der Waals surface area contributed by atoms with Gasteiger partial charge >= 0.3 is 0 Å². The molecule has 0 unspecified atom stereocenters. The zero-order valence-corrected chi connectivity index (χ0v) is 40.5. The van der Waals surface area contributed by atoms with Crippen LogP contribution in [0.2, 0.25) is 0 Å². The van der Waals surface area contributed by atoms with Crippen molar-refractivity contribution >= 4 is 111 Å². The van der Waals surface area contributed by atoms with Gasteiger partial charge in [0.25, 0.3) is 0 Å². The first-order chi connectivity index (χ1) is 36.8. The fraction of sp³-hybridized carbons (Fsp3) is 0.0725. The van der Waals surface area contributed by atoms with Crippen molar-refractivity contribution in [2.24, 2.45) is 0 Å². The van der Waals surface area contributed by atoms with Gasteiger partial charge in [-0.05, 0) is 71.8 Å². The van der Waals surface area contributed by atoms with E-state index in [1.165, 1.54) is 31.2 Å². The number of anilines is 6. The van der Waals surface area contributed by atoms with E-state index in [2.05, 4.69) is 240 Å². The molecule has 1 fully saturated rings. The first kappa shape index (κ1) is 42.4. The normalized spacial score (nSPS) is 13.1. The van der Waals surface area contributed by atoms with Crippen LogP contribution in [0.4, 0.5) is 34.1 Å². The van der Waals surface area contributed by atoms with Crippen molar-refractivity contribution in [2.45, 2.75) is 31.6 Å². The lowest BCUT2D eigenvalue weighted by Gasteiger charge is -2.33. The number of fused-ring (bicyclic) bond motifs is 10. The Morgan fingerprint density at radius 1 is 0.297 bits per heavy atom. The van der Waals surface area contributed by atoms with Crippen molar-refractivity contribution in [1.29, 1.82) is 0 Å². The standard InChI is InChI=1S/C69H48N2O3/c1-3-22-44(23-4-1)47-28-11-15-38-57(47)70(60-41-21-37-55-54-35-19-34-49(46-26-7-8-27-46)66(54)74-68(55)60)64-51-31-9-10-32-52(51)65(69-63(64)56-33-14-18-43-62(56)73-69)71(58-39-16-12-29-48(58)45-24-5-2-6-25-45)59-40-20-36-53-50-30-13-17-42-61(50)72-67(53)59/h1-6,9-25,28-43,46H,7-8,26-27H2. The number of para-hydroxylation sites is 7. The number of nitrogens with zero attached hydrogens (tertiary/aromatic N) is 2. The van der Waals surface area contributed by atoms with Gasteiger partial charge in [-0.25, -0.2) is 0 Å². The summed E-state index contributed by atoms with van der Waals surface area (Å²) in [6, 6.07) is 84.6. The van der Waals surface area contributed by atoms with Crippen LogP contribution in [0.15, 0.2) is 250 Å². The average Bonchev–Trinajstić information content (AvgIpc) is 4.35. The highest BCUT2D eigenvalue weighted by Crippen LogP contribution is 2.57. The average molecular weight is 953 g/mol. The van der Waals surface area contributed by atoms with Crippen molar-refractivity contribution in [1.82, 2.24) is 0 Å². The summed E-state index contributed by atoms with van der Waals surface area (Å²) in [6.45, 7) is 0. The van der Waals surface area contributed by atoms with E-state index >= 15 is 0 Å². The third-order valence-electron chi connectivity index (χ3n) is 15.6. The summed E-state index contributed by atoms with van der Waals surface area (Å²) in [5.41, 5.74) is 16.5. The van der Waals surface area contributed by atoms with E-state index in [-0.39, 0.29) is 0 Å². The molecule has 14 aromatic rings. The van der Waals surface area contributed by atoms with Crippen LogP contribution in [0.5, 0.6) is 0 Å². The topological polar surface area (TPSA) is 45.9 Å². The van der Waals surface area contributed by atoms with Crippen LogP contribution >= 0.6 is 0 Å². The third-order valence-corrected chi connectivity index (χ3v) is 15.6. The Balaban J connectivity index is 1.11. The van der Waals surface area contributed by atoms with E-state index in [0.717, 1.165) is 133 Å². The largest absolute Gasteiger partial charge is 0.454 e. The maximum Gasteiger partial charge on any atom is 0.162 e. The van der Waals surface area contributed by atoms with Gasteiger partial charge in [-0.3, -0.25) is 0 Å². The van der Waals surface area contributed by atoms with Gasteiger partial charge in [-0.1, -0.05) is 213 Å². The van der Waals surface area contributed by atoms with Crippen molar-refractivity contribution in [3.63, 3.8) is 0 Å². The minimum absolute atomic E-state index is 0.478. The van der Waals surface area contributed by atoms with E-state index in [1.54, 1.807) is 0 Å². The fourth-order valence-electron chi connectivity index (χ4n) is 12.3. The molecule has 0 aliphatic heterocycles. The number of hydrogen-bond acceptors (Lipinski definition) is 5. The second-order valence-corrected chi connectivity index (χ2v) is 19.7. The van der Waals surface area contributed by atoms with Crippen molar-refractivity contribution in [2.75, 3.05) is 9.80 Å². The predicted octanol–water partition coefficient (Wildman–Crippen LogP) is 20.5. The molecule has 3 heterocycles. The second-order valence-electron chi connectivity index (χ2n) is 19.7. The highest BCUT2D eigenvalue weighted by molar-refractivity contribution is 6.30. The molecule has 15 rings (SSSR count). The Bertz CT molecular complexity index is 4460. The summed E-state index contributed by atoms with van der Waals surface area (Å²) < 4.78 is 21.9. The molecule has 1 aliphatic rings. The quantitative estimate of drug-likeness (QED) is 0.135. The summed E-state index contributed by atoms with van der Waals surface area (Å²) in [5, 5.41) is 8.39. The number of hydrogen-bond donors (Lipinski definition) is 0. The molecule has 0 spiro atoms. The van der Waals surface area contributed by atoms with Gasteiger partial charge in [-0.2, -0.15) is 0 Å². The van der Waals surface area contributed by atoms with Crippen molar-refractivity contribution in [3.8, 4) is 22.3 Å². The zero-order valence-electron chi connectivity index (χ0n) is 40.5. The van der Waals surface area contributed by atoms with E-state index in [9.17, 15) is 0 Å². The van der Waals surface area contributed by atoms with Gasteiger partial charge in [0.2, 0.25) is 0 Å². The summed E-state index contributed by atoms with van der Waals surface area (Å²) in [4.78, 5) is 4.87. The zero-order chi connectivity index (χ0) is 48.7. The lowest BCUT2D eigenvalue weighted by molar-refractivity contribution is 0.643. The molecule has 5 heteroatoms. The molecule has 352 valence electrons. The number of furan rings is 3. The van der Waals surface area contributed by atoms with Crippen LogP contribution in [0, 0.1) is 0 Å². The van der Waals surface area contributed by atoms with E-state index < -0.39 is 0 Å². The molecule has 5 nitrogen and oxygen atoms in total. The second kappa shape index (κ2) is 17.2. The van der Waals surface area contributed by atoms with E-state index in [1.807, 2.05) is 6.07 Å². The Hall–Kier alpha value is -9.32. The maximum absolute atomic E-state index is 7.50. The smallest absolute Gasteiger partial charge is 0.162 e. The summed E-state index contributed by atoms with van der Waals surface area (Å²) in [6.07, 6.45) is 4.86. The van der Waals surface area contributed by atoms with E-state index in [0.29, 0.717) is 5.92 Å². The Kier molecular flexibility index (Phi) is 9.84. The molecule has 0 N–H and O–H groups in total. The first-order valence-corrected chi connectivity index (χ1v) is 25.9. The lowest BCUT2D eigenvalue weighted by atomic mass is 9.95. The molecule has 0 amide bonds. The van der Waals surface area contributed by atoms with Gasteiger partial charge in [0, 0.05) is 48.8 Å². The highest BCUT2D eigenvalue weighted by Gasteiger charge is 2.33. The first-order valence-electron chi connectivity index (χ1n) is 25.9. The van der Waals surface area contributed by atoms with Gasteiger partial charge < -0.3 is 23.1 Å². The van der Waals surface area contributed by atoms with Gasteiger partial charge in [0.1, 0.15) is 16.7 Å². The summed E-state index contributed by atoms with van der Waals surface area (Å²) in [7, 11) is 0.